The summed E-state index contributed by atoms with van der Waals surface area (Å²) >= 11 is 0. The summed E-state index contributed by atoms with van der Waals surface area (Å²) in [6, 6.07) is 5.64. The largest absolute Gasteiger partial charge is 0.541 e. The summed E-state index contributed by atoms with van der Waals surface area (Å²) in [5.74, 6) is 1.12. The number of rotatable bonds is 5. The van der Waals surface area contributed by atoms with Crippen LogP contribution in [-0.4, -0.2) is 21.4 Å². The van der Waals surface area contributed by atoms with E-state index in [9.17, 15) is 4.79 Å². The number of esters is 1. The topological polar surface area (TPSA) is 44.8 Å². The van der Waals surface area contributed by atoms with Crippen LogP contribution in [0.3, 0.4) is 0 Å². The van der Waals surface area contributed by atoms with Gasteiger partial charge in [0.25, 0.3) is 8.32 Å². The molecule has 0 atom stereocenters. The van der Waals surface area contributed by atoms with Gasteiger partial charge in [0.1, 0.15) is 12.4 Å². The standard InChI is InChI=1S/C16H26O4Si/c1-12(17)19-11-13-8-9-14(15(10-13)18-5)20-21(6,7)16(2,3)4/h8-10H,11H2,1-7H3. The Morgan fingerprint density at radius 3 is 2.29 bits per heavy atom. The molecule has 0 saturated carbocycles. The van der Waals surface area contributed by atoms with Crippen LogP contribution in [0, 0.1) is 0 Å². The van der Waals surface area contributed by atoms with Crippen LogP contribution in [-0.2, 0) is 16.1 Å². The van der Waals surface area contributed by atoms with E-state index in [1.165, 1.54) is 6.92 Å². The van der Waals surface area contributed by atoms with E-state index in [0.717, 1.165) is 11.3 Å². The Morgan fingerprint density at radius 1 is 1.19 bits per heavy atom. The molecule has 0 heterocycles. The molecule has 0 bridgehead atoms. The third-order valence-corrected chi connectivity index (χ3v) is 8.18. The lowest BCUT2D eigenvalue weighted by atomic mass is 10.2. The maximum atomic E-state index is 10.9. The lowest BCUT2D eigenvalue weighted by molar-refractivity contribution is -0.142. The highest BCUT2D eigenvalue weighted by Crippen LogP contribution is 2.40. The number of benzene rings is 1. The van der Waals surface area contributed by atoms with Crippen LogP contribution in [0.5, 0.6) is 11.5 Å². The van der Waals surface area contributed by atoms with Crippen molar-refractivity contribution in [3.63, 3.8) is 0 Å². The monoisotopic (exact) mass is 310 g/mol. The summed E-state index contributed by atoms with van der Waals surface area (Å²) in [5, 5.41) is 0.119. The first-order valence-corrected chi connectivity index (χ1v) is 9.97. The smallest absolute Gasteiger partial charge is 0.302 e. The average Bonchev–Trinajstić information content (AvgIpc) is 2.35. The fourth-order valence-corrected chi connectivity index (χ4v) is 2.52. The highest BCUT2D eigenvalue weighted by atomic mass is 28.4. The van der Waals surface area contributed by atoms with Crippen LogP contribution in [0.25, 0.3) is 0 Å². The van der Waals surface area contributed by atoms with E-state index in [4.69, 9.17) is 13.9 Å². The molecule has 0 aromatic heterocycles. The van der Waals surface area contributed by atoms with Crippen LogP contribution in [0.4, 0.5) is 0 Å². The summed E-state index contributed by atoms with van der Waals surface area (Å²) in [6.07, 6.45) is 0. The normalized spacial score (nSPS) is 12.0. The highest BCUT2D eigenvalue weighted by molar-refractivity contribution is 6.74. The van der Waals surface area contributed by atoms with Gasteiger partial charge in [-0.3, -0.25) is 4.79 Å². The second kappa shape index (κ2) is 6.51. The Morgan fingerprint density at radius 2 is 1.81 bits per heavy atom. The maximum absolute atomic E-state index is 10.9. The minimum atomic E-state index is -1.91. The van der Waals surface area contributed by atoms with Crippen molar-refractivity contribution in [1.82, 2.24) is 0 Å². The third-order valence-electron chi connectivity index (χ3n) is 3.84. The molecular weight excluding hydrogens is 284 g/mol. The van der Waals surface area contributed by atoms with E-state index in [2.05, 4.69) is 33.9 Å². The van der Waals surface area contributed by atoms with Crippen molar-refractivity contribution in [2.75, 3.05) is 7.11 Å². The van der Waals surface area contributed by atoms with Crippen molar-refractivity contribution in [3.8, 4) is 11.5 Å². The van der Waals surface area contributed by atoms with E-state index in [0.29, 0.717) is 5.75 Å². The van der Waals surface area contributed by atoms with Crippen molar-refractivity contribution in [1.29, 1.82) is 0 Å². The third kappa shape index (κ3) is 4.77. The lowest BCUT2D eigenvalue weighted by Crippen LogP contribution is -2.43. The molecule has 0 fully saturated rings. The molecule has 118 valence electrons. The molecule has 0 aliphatic carbocycles. The molecule has 21 heavy (non-hydrogen) atoms. The maximum Gasteiger partial charge on any atom is 0.302 e. The van der Waals surface area contributed by atoms with Crippen LogP contribution >= 0.6 is 0 Å². The predicted octanol–water partition coefficient (Wildman–Crippen LogP) is 4.14. The fourth-order valence-electron chi connectivity index (χ4n) is 1.50. The number of carbonyl (C=O) groups excluding carboxylic acids is 1. The number of ether oxygens (including phenoxy) is 2. The van der Waals surface area contributed by atoms with Crippen molar-refractivity contribution in [2.24, 2.45) is 0 Å². The van der Waals surface area contributed by atoms with Gasteiger partial charge in [0, 0.05) is 6.92 Å². The van der Waals surface area contributed by atoms with Crippen molar-refractivity contribution >= 4 is 14.3 Å². The van der Waals surface area contributed by atoms with Gasteiger partial charge in [-0.05, 0) is 35.8 Å². The Kier molecular flexibility index (Phi) is 5.45. The zero-order valence-corrected chi connectivity index (χ0v) is 15.1. The fraction of sp³-hybridized carbons (Fsp3) is 0.562. The molecule has 0 spiro atoms. The summed E-state index contributed by atoms with van der Waals surface area (Å²) < 4.78 is 16.7. The van der Waals surface area contributed by atoms with Gasteiger partial charge in [-0.25, -0.2) is 0 Å². The van der Waals surface area contributed by atoms with Crippen LogP contribution in [0.1, 0.15) is 33.3 Å². The Hall–Kier alpha value is -1.49. The lowest BCUT2D eigenvalue weighted by Gasteiger charge is -2.36. The van der Waals surface area contributed by atoms with E-state index in [1.807, 2.05) is 18.2 Å². The van der Waals surface area contributed by atoms with Gasteiger partial charge < -0.3 is 13.9 Å². The number of hydrogen-bond donors (Lipinski definition) is 0. The van der Waals surface area contributed by atoms with E-state index >= 15 is 0 Å². The zero-order chi connectivity index (χ0) is 16.3. The molecule has 4 nitrogen and oxygen atoms in total. The zero-order valence-electron chi connectivity index (χ0n) is 14.1. The highest BCUT2D eigenvalue weighted by Gasteiger charge is 2.39. The van der Waals surface area contributed by atoms with E-state index < -0.39 is 8.32 Å². The quantitative estimate of drug-likeness (QED) is 0.605. The molecule has 5 heteroatoms. The van der Waals surface area contributed by atoms with Gasteiger partial charge in [-0.15, -0.1) is 0 Å². The SMILES string of the molecule is COc1cc(COC(C)=O)ccc1O[Si](C)(C)C(C)(C)C. The average molecular weight is 310 g/mol. The second-order valence-electron chi connectivity index (χ2n) is 6.63. The van der Waals surface area contributed by atoms with Crippen LogP contribution < -0.4 is 9.16 Å². The van der Waals surface area contributed by atoms with Crippen LogP contribution in [0.15, 0.2) is 18.2 Å². The molecule has 1 rings (SSSR count). The van der Waals surface area contributed by atoms with Gasteiger partial charge in [0.05, 0.1) is 7.11 Å². The first kappa shape index (κ1) is 17.6. The van der Waals surface area contributed by atoms with E-state index in [-0.39, 0.29) is 17.6 Å². The second-order valence-corrected chi connectivity index (χ2v) is 11.4. The molecule has 1 aromatic rings. The Balaban J connectivity index is 2.96. The molecular formula is C16H26O4Si. The van der Waals surface area contributed by atoms with Crippen molar-refractivity contribution in [2.45, 2.75) is 52.4 Å². The number of carbonyl (C=O) groups is 1. The van der Waals surface area contributed by atoms with Crippen molar-refractivity contribution in [3.05, 3.63) is 23.8 Å². The summed E-state index contributed by atoms with van der Waals surface area (Å²) in [5.41, 5.74) is 0.879. The molecule has 0 aliphatic heterocycles. The first-order valence-electron chi connectivity index (χ1n) is 7.06. The molecule has 0 radical (unpaired) electrons. The Labute approximate surface area is 128 Å². The van der Waals surface area contributed by atoms with Gasteiger partial charge in [0.2, 0.25) is 0 Å². The van der Waals surface area contributed by atoms with Gasteiger partial charge in [-0.1, -0.05) is 26.8 Å². The predicted molar refractivity (Wildman–Crippen MR) is 86.3 cm³/mol. The minimum absolute atomic E-state index is 0.119. The summed E-state index contributed by atoms with van der Waals surface area (Å²) in [6.45, 7) is 12.6. The molecule has 0 aliphatic rings. The molecule has 0 unspecified atom stereocenters. The minimum Gasteiger partial charge on any atom is -0.541 e. The molecule has 0 saturated heterocycles. The van der Waals surface area contributed by atoms with Crippen molar-refractivity contribution < 1.29 is 18.7 Å². The van der Waals surface area contributed by atoms with Gasteiger partial charge >= 0.3 is 5.97 Å². The Bertz CT molecular complexity index is 503. The van der Waals surface area contributed by atoms with Gasteiger partial charge in [-0.2, -0.15) is 0 Å². The number of hydrogen-bond acceptors (Lipinski definition) is 4. The summed E-state index contributed by atoms with van der Waals surface area (Å²) in [7, 11) is -0.298. The molecule has 1 aromatic carbocycles. The number of methoxy groups -OCH3 is 1. The molecule has 0 N–H and O–H groups in total. The van der Waals surface area contributed by atoms with E-state index in [1.54, 1.807) is 7.11 Å². The summed E-state index contributed by atoms with van der Waals surface area (Å²) in [4.78, 5) is 10.9. The molecule has 0 amide bonds. The first-order chi connectivity index (χ1) is 9.56. The van der Waals surface area contributed by atoms with Gasteiger partial charge in [0.15, 0.2) is 5.75 Å². The van der Waals surface area contributed by atoms with Crippen LogP contribution in [0.2, 0.25) is 18.1 Å².